The van der Waals surface area contributed by atoms with Gasteiger partial charge in [0.15, 0.2) is 18.1 Å². The zero-order valence-corrected chi connectivity index (χ0v) is 17.4. The van der Waals surface area contributed by atoms with E-state index in [2.05, 4.69) is 9.97 Å². The van der Waals surface area contributed by atoms with Crippen molar-refractivity contribution in [2.75, 3.05) is 19.7 Å². The van der Waals surface area contributed by atoms with Gasteiger partial charge in [0.1, 0.15) is 11.7 Å². The molecule has 154 valence electrons. The molecule has 0 aliphatic carbocycles. The highest BCUT2D eigenvalue weighted by molar-refractivity contribution is 5.78. The molecule has 3 heterocycles. The lowest BCUT2D eigenvalue weighted by Gasteiger charge is -2.19. The van der Waals surface area contributed by atoms with Crippen molar-refractivity contribution in [1.82, 2.24) is 14.9 Å². The molecule has 2 aliphatic heterocycles. The maximum Gasteiger partial charge on any atom is 0.317 e. The maximum absolute atomic E-state index is 12.6. The number of amides is 1. The number of fused-ring (bicyclic) bond motifs is 1. The molecule has 0 saturated carbocycles. The molecule has 0 bridgehead atoms. The number of nitrogens with zero attached hydrogens (tertiary/aromatic N) is 3. The van der Waals surface area contributed by atoms with Crippen molar-refractivity contribution in [3.8, 4) is 17.5 Å². The Morgan fingerprint density at radius 3 is 2.79 bits per heavy atom. The molecule has 1 amide bonds. The molecule has 1 saturated heterocycles. The number of para-hydroxylation sites is 1. The van der Waals surface area contributed by atoms with E-state index in [1.54, 1.807) is 4.90 Å². The molecule has 0 unspecified atom stereocenters. The second-order valence-corrected chi connectivity index (χ2v) is 8.37. The summed E-state index contributed by atoms with van der Waals surface area (Å²) in [5.74, 6) is 1.31. The number of carbonyl (C=O) groups is 1. The van der Waals surface area contributed by atoms with Crippen molar-refractivity contribution in [1.29, 1.82) is 0 Å². The summed E-state index contributed by atoms with van der Waals surface area (Å²) in [5.41, 5.74) is 2.60. The van der Waals surface area contributed by atoms with Crippen molar-refractivity contribution in [3.63, 3.8) is 0 Å². The Kier molecular flexibility index (Phi) is 5.06. The summed E-state index contributed by atoms with van der Waals surface area (Å²) in [7, 11) is 0. The summed E-state index contributed by atoms with van der Waals surface area (Å²) in [6, 6.07) is 8.10. The molecule has 1 atom stereocenters. The topological polar surface area (TPSA) is 73.8 Å². The van der Waals surface area contributed by atoms with Crippen LogP contribution in [-0.2, 0) is 11.2 Å². The monoisotopic (exact) mass is 397 g/mol. The zero-order valence-electron chi connectivity index (χ0n) is 17.4. The third-order valence-corrected chi connectivity index (χ3v) is 5.14. The number of hydrogen-bond donors (Lipinski definition) is 0. The summed E-state index contributed by atoms with van der Waals surface area (Å²) < 4.78 is 17.7. The van der Waals surface area contributed by atoms with Crippen molar-refractivity contribution < 1.29 is 19.0 Å². The van der Waals surface area contributed by atoms with Gasteiger partial charge in [-0.3, -0.25) is 4.79 Å². The van der Waals surface area contributed by atoms with Gasteiger partial charge in [-0.25, -0.2) is 9.97 Å². The van der Waals surface area contributed by atoms with Crippen LogP contribution in [0.3, 0.4) is 0 Å². The molecule has 29 heavy (non-hydrogen) atoms. The fourth-order valence-corrected chi connectivity index (χ4v) is 3.88. The quantitative estimate of drug-likeness (QED) is 0.772. The molecule has 0 N–H and O–H groups in total. The van der Waals surface area contributed by atoms with E-state index in [-0.39, 0.29) is 24.2 Å². The average Bonchev–Trinajstić information content (AvgIpc) is 3.21. The lowest BCUT2D eigenvalue weighted by atomic mass is 10.0. The van der Waals surface area contributed by atoms with Crippen LogP contribution in [0, 0.1) is 13.8 Å². The van der Waals surface area contributed by atoms with Crippen LogP contribution in [0.5, 0.6) is 17.5 Å². The molecular formula is C22H27N3O4. The smallest absolute Gasteiger partial charge is 0.317 e. The number of rotatable bonds is 5. The minimum Gasteiger partial charge on any atom is -0.483 e. The van der Waals surface area contributed by atoms with Gasteiger partial charge in [0.2, 0.25) is 0 Å². The predicted octanol–water partition coefficient (Wildman–Crippen LogP) is 2.87. The van der Waals surface area contributed by atoms with Crippen molar-refractivity contribution in [2.45, 2.75) is 52.2 Å². The van der Waals surface area contributed by atoms with E-state index in [1.807, 2.05) is 52.0 Å². The summed E-state index contributed by atoms with van der Waals surface area (Å²) in [6.07, 6.45) is 1.48. The minimum absolute atomic E-state index is 0.0208. The van der Waals surface area contributed by atoms with E-state index in [9.17, 15) is 4.79 Å². The molecule has 1 fully saturated rings. The molecular weight excluding hydrogens is 370 g/mol. The van der Waals surface area contributed by atoms with Gasteiger partial charge in [0.25, 0.3) is 5.91 Å². The van der Waals surface area contributed by atoms with Crippen LogP contribution in [0.25, 0.3) is 0 Å². The fraction of sp³-hybridized carbons (Fsp3) is 0.500. The molecule has 2 aliphatic rings. The molecule has 0 radical (unpaired) electrons. The lowest BCUT2D eigenvalue weighted by Crippen LogP contribution is -2.34. The van der Waals surface area contributed by atoms with Gasteiger partial charge in [-0.15, -0.1) is 0 Å². The normalized spacial score (nSPS) is 19.6. The molecule has 0 spiro atoms. The van der Waals surface area contributed by atoms with Crippen LogP contribution in [0.15, 0.2) is 24.3 Å². The molecule has 4 rings (SSSR count). The summed E-state index contributed by atoms with van der Waals surface area (Å²) >= 11 is 0. The van der Waals surface area contributed by atoms with Gasteiger partial charge < -0.3 is 19.1 Å². The maximum atomic E-state index is 12.6. The van der Waals surface area contributed by atoms with Gasteiger partial charge in [-0.2, -0.15) is 0 Å². The van der Waals surface area contributed by atoms with E-state index in [4.69, 9.17) is 14.2 Å². The SMILES string of the molecule is Cc1cc(C)nc(O[C@@H]2CCN(C(=O)COc3cccc4c3OC(C)(C)C4)C2)n1. The first-order valence-corrected chi connectivity index (χ1v) is 9.99. The van der Waals surface area contributed by atoms with Crippen LogP contribution in [-0.4, -0.2) is 52.2 Å². The minimum atomic E-state index is -0.248. The van der Waals surface area contributed by atoms with Gasteiger partial charge >= 0.3 is 6.01 Å². The van der Waals surface area contributed by atoms with Crippen molar-refractivity contribution in [3.05, 3.63) is 41.2 Å². The van der Waals surface area contributed by atoms with Crippen LogP contribution >= 0.6 is 0 Å². The number of carbonyl (C=O) groups excluding carboxylic acids is 1. The second-order valence-electron chi connectivity index (χ2n) is 8.37. The Balaban J connectivity index is 1.32. The zero-order chi connectivity index (χ0) is 20.6. The van der Waals surface area contributed by atoms with Crippen LogP contribution < -0.4 is 14.2 Å². The highest BCUT2D eigenvalue weighted by Gasteiger charge is 2.33. The van der Waals surface area contributed by atoms with Crippen LogP contribution in [0.1, 0.15) is 37.2 Å². The lowest BCUT2D eigenvalue weighted by molar-refractivity contribution is -0.132. The van der Waals surface area contributed by atoms with Crippen LogP contribution in [0.4, 0.5) is 0 Å². The van der Waals surface area contributed by atoms with E-state index < -0.39 is 0 Å². The van der Waals surface area contributed by atoms with Crippen LogP contribution in [0.2, 0.25) is 0 Å². The van der Waals surface area contributed by atoms with E-state index in [1.165, 1.54) is 0 Å². The molecule has 7 nitrogen and oxygen atoms in total. The first-order chi connectivity index (χ1) is 13.8. The Labute approximate surface area is 171 Å². The summed E-state index contributed by atoms with van der Waals surface area (Å²) in [5, 5.41) is 0. The number of likely N-dealkylation sites (tertiary alicyclic amines) is 1. The third-order valence-electron chi connectivity index (χ3n) is 5.14. The Morgan fingerprint density at radius 1 is 1.28 bits per heavy atom. The Hall–Kier alpha value is -2.83. The number of hydrogen-bond acceptors (Lipinski definition) is 6. The third kappa shape index (κ3) is 4.44. The molecule has 1 aromatic carbocycles. The van der Waals surface area contributed by atoms with E-state index in [0.717, 1.165) is 35.5 Å². The predicted molar refractivity (Wildman–Crippen MR) is 107 cm³/mol. The number of aromatic nitrogens is 2. The first kappa shape index (κ1) is 19.5. The molecule has 1 aromatic heterocycles. The Bertz CT molecular complexity index is 908. The number of ether oxygens (including phenoxy) is 3. The standard InChI is InChI=1S/C22H27N3O4/c1-14-10-15(2)24-21(23-14)28-17-8-9-25(12-17)19(26)13-27-18-7-5-6-16-11-22(3,4)29-20(16)18/h5-7,10,17H,8-9,11-13H2,1-4H3/t17-/m1/s1. The second kappa shape index (κ2) is 7.54. The van der Waals surface area contributed by atoms with E-state index in [0.29, 0.717) is 24.8 Å². The summed E-state index contributed by atoms with van der Waals surface area (Å²) in [4.78, 5) is 23.0. The molecule has 2 aromatic rings. The average molecular weight is 397 g/mol. The highest BCUT2D eigenvalue weighted by Crippen LogP contribution is 2.41. The van der Waals surface area contributed by atoms with Gasteiger partial charge in [0.05, 0.1) is 6.54 Å². The fourth-order valence-electron chi connectivity index (χ4n) is 3.88. The van der Waals surface area contributed by atoms with Gasteiger partial charge in [-0.1, -0.05) is 12.1 Å². The largest absolute Gasteiger partial charge is 0.483 e. The molecule has 7 heteroatoms. The summed E-state index contributed by atoms with van der Waals surface area (Å²) in [6.45, 7) is 9.04. The van der Waals surface area contributed by atoms with E-state index >= 15 is 0 Å². The Morgan fingerprint density at radius 2 is 2.03 bits per heavy atom. The first-order valence-electron chi connectivity index (χ1n) is 9.99. The highest BCUT2D eigenvalue weighted by atomic mass is 16.5. The van der Waals surface area contributed by atoms with Gasteiger partial charge in [0, 0.05) is 36.3 Å². The number of benzene rings is 1. The number of aryl methyl sites for hydroxylation is 2. The van der Waals surface area contributed by atoms with Gasteiger partial charge in [-0.05, 0) is 39.8 Å². The van der Waals surface area contributed by atoms with Crippen molar-refractivity contribution >= 4 is 5.91 Å². The van der Waals surface area contributed by atoms with Crippen molar-refractivity contribution in [2.24, 2.45) is 0 Å².